The second-order valence-electron chi connectivity index (χ2n) is 4.37. The van der Waals surface area contributed by atoms with Gasteiger partial charge < -0.3 is 14.5 Å². The van der Waals surface area contributed by atoms with E-state index in [0.29, 0.717) is 42.7 Å². The number of hydrogen-bond acceptors (Lipinski definition) is 5. The Morgan fingerprint density at radius 1 is 1.10 bits per heavy atom. The molecule has 0 aromatic carbocycles. The van der Waals surface area contributed by atoms with E-state index in [0.717, 1.165) is 5.56 Å². The number of hydrogen-bond donors (Lipinski definition) is 1. The first-order chi connectivity index (χ1) is 10.1. The van der Waals surface area contributed by atoms with Gasteiger partial charge in [-0.05, 0) is 37.8 Å². The van der Waals surface area contributed by atoms with E-state index in [4.69, 9.17) is 9.47 Å². The van der Waals surface area contributed by atoms with Gasteiger partial charge in [-0.15, -0.1) is 0 Å². The zero-order chi connectivity index (χ0) is 15.8. The average Bonchev–Trinajstić information content (AvgIpc) is 2.83. The summed E-state index contributed by atoms with van der Waals surface area (Å²) in [7, 11) is 0. The summed E-state index contributed by atoms with van der Waals surface area (Å²) < 4.78 is 9.84. The summed E-state index contributed by atoms with van der Waals surface area (Å²) in [5.74, 6) is -0.810. The van der Waals surface area contributed by atoms with Gasteiger partial charge in [0.1, 0.15) is 5.69 Å². The Bertz CT molecular complexity index is 518. The van der Waals surface area contributed by atoms with Gasteiger partial charge in [-0.2, -0.15) is 0 Å². The number of carbonyl (C=O) groups excluding carboxylic acids is 3. The number of rotatable bonds is 8. The molecular formula is C15H21NO5. The van der Waals surface area contributed by atoms with Crippen LogP contribution in [0.4, 0.5) is 0 Å². The zero-order valence-corrected chi connectivity index (χ0v) is 12.7. The molecule has 0 aliphatic heterocycles. The Hall–Kier alpha value is -2.11. The van der Waals surface area contributed by atoms with E-state index in [-0.39, 0.29) is 19.0 Å². The van der Waals surface area contributed by atoms with Crippen molar-refractivity contribution < 1.29 is 23.9 Å². The molecule has 1 N–H and O–H groups in total. The maximum atomic E-state index is 11.9. The van der Waals surface area contributed by atoms with Crippen molar-refractivity contribution in [1.29, 1.82) is 0 Å². The third-order valence-corrected chi connectivity index (χ3v) is 3.09. The quantitative estimate of drug-likeness (QED) is 0.586. The number of ether oxygens (including phenoxy) is 2. The lowest BCUT2D eigenvalue weighted by atomic mass is 10.0. The lowest BCUT2D eigenvalue weighted by molar-refractivity contribution is -0.143. The van der Waals surface area contributed by atoms with E-state index in [1.807, 2.05) is 6.92 Å². The summed E-state index contributed by atoms with van der Waals surface area (Å²) in [6.07, 6.45) is 1.74. The van der Waals surface area contributed by atoms with Crippen LogP contribution in [0.5, 0.6) is 0 Å². The SMILES string of the molecule is CCOC(=O)CCc1c(C=O)[nH]c(C(=O)OCC)c1CC. The third-order valence-electron chi connectivity index (χ3n) is 3.09. The summed E-state index contributed by atoms with van der Waals surface area (Å²) >= 11 is 0. The van der Waals surface area contributed by atoms with Crippen LogP contribution in [0.25, 0.3) is 0 Å². The van der Waals surface area contributed by atoms with E-state index in [2.05, 4.69) is 4.98 Å². The Labute approximate surface area is 123 Å². The van der Waals surface area contributed by atoms with Gasteiger partial charge in [-0.3, -0.25) is 9.59 Å². The van der Waals surface area contributed by atoms with Crippen molar-refractivity contribution in [2.24, 2.45) is 0 Å². The van der Waals surface area contributed by atoms with E-state index in [1.165, 1.54) is 0 Å². The molecular weight excluding hydrogens is 274 g/mol. The Morgan fingerprint density at radius 2 is 1.76 bits per heavy atom. The zero-order valence-electron chi connectivity index (χ0n) is 12.7. The molecule has 21 heavy (non-hydrogen) atoms. The lowest BCUT2D eigenvalue weighted by Gasteiger charge is -2.05. The van der Waals surface area contributed by atoms with Gasteiger partial charge in [-0.25, -0.2) is 4.79 Å². The number of esters is 2. The van der Waals surface area contributed by atoms with Crippen LogP contribution >= 0.6 is 0 Å². The lowest BCUT2D eigenvalue weighted by Crippen LogP contribution is -2.09. The van der Waals surface area contributed by atoms with Crippen molar-refractivity contribution in [3.05, 3.63) is 22.5 Å². The van der Waals surface area contributed by atoms with Gasteiger partial charge in [0.05, 0.1) is 18.9 Å². The highest BCUT2D eigenvalue weighted by Crippen LogP contribution is 2.22. The van der Waals surface area contributed by atoms with Gasteiger partial charge in [0.15, 0.2) is 6.29 Å². The Balaban J connectivity index is 3.03. The predicted octanol–water partition coefficient (Wildman–Crippen LogP) is 2.06. The number of aromatic nitrogens is 1. The molecule has 0 aliphatic rings. The van der Waals surface area contributed by atoms with Crippen molar-refractivity contribution >= 4 is 18.2 Å². The highest BCUT2D eigenvalue weighted by molar-refractivity contribution is 5.92. The minimum absolute atomic E-state index is 0.168. The first kappa shape index (κ1) is 16.9. The topological polar surface area (TPSA) is 85.5 Å². The Kier molecular flexibility index (Phi) is 6.65. The summed E-state index contributed by atoms with van der Waals surface area (Å²) in [6, 6.07) is 0. The van der Waals surface area contributed by atoms with Gasteiger partial charge >= 0.3 is 11.9 Å². The number of H-pyrrole nitrogens is 1. The molecule has 0 atom stereocenters. The molecule has 0 spiro atoms. The first-order valence-electron chi connectivity index (χ1n) is 7.10. The number of aromatic amines is 1. The van der Waals surface area contributed by atoms with Crippen molar-refractivity contribution in [2.45, 2.75) is 40.0 Å². The van der Waals surface area contributed by atoms with E-state index in [1.54, 1.807) is 13.8 Å². The third kappa shape index (κ3) is 4.18. The molecule has 1 aromatic heterocycles. The molecule has 116 valence electrons. The maximum absolute atomic E-state index is 11.9. The fourth-order valence-corrected chi connectivity index (χ4v) is 2.21. The minimum Gasteiger partial charge on any atom is -0.466 e. The van der Waals surface area contributed by atoms with Crippen LogP contribution in [0.15, 0.2) is 0 Å². The van der Waals surface area contributed by atoms with Crippen LogP contribution in [-0.2, 0) is 27.1 Å². The van der Waals surface area contributed by atoms with Crippen molar-refractivity contribution in [3.8, 4) is 0 Å². The summed E-state index contributed by atoms with van der Waals surface area (Å²) in [5, 5.41) is 0. The number of carbonyl (C=O) groups is 3. The van der Waals surface area contributed by atoms with Crippen molar-refractivity contribution in [3.63, 3.8) is 0 Å². The molecule has 0 saturated heterocycles. The highest BCUT2D eigenvalue weighted by atomic mass is 16.5. The molecule has 6 nitrogen and oxygen atoms in total. The van der Waals surface area contributed by atoms with E-state index < -0.39 is 5.97 Å². The van der Waals surface area contributed by atoms with Gasteiger partial charge in [0.25, 0.3) is 0 Å². The molecule has 0 fully saturated rings. The first-order valence-corrected chi connectivity index (χ1v) is 7.10. The largest absolute Gasteiger partial charge is 0.466 e. The Morgan fingerprint density at radius 3 is 2.29 bits per heavy atom. The fraction of sp³-hybridized carbons (Fsp3) is 0.533. The molecule has 0 amide bonds. The highest BCUT2D eigenvalue weighted by Gasteiger charge is 2.22. The van der Waals surface area contributed by atoms with Crippen LogP contribution in [0.2, 0.25) is 0 Å². The summed E-state index contributed by atoms with van der Waals surface area (Å²) in [5.41, 5.74) is 2.02. The van der Waals surface area contributed by atoms with E-state index in [9.17, 15) is 14.4 Å². The molecule has 0 saturated carbocycles. The summed E-state index contributed by atoms with van der Waals surface area (Å²) in [4.78, 5) is 37.3. The smallest absolute Gasteiger partial charge is 0.355 e. The molecule has 1 rings (SSSR count). The van der Waals surface area contributed by atoms with Crippen molar-refractivity contribution in [1.82, 2.24) is 4.98 Å². The number of nitrogens with one attached hydrogen (secondary N) is 1. The van der Waals surface area contributed by atoms with Crippen LogP contribution in [0, 0.1) is 0 Å². The van der Waals surface area contributed by atoms with Crippen LogP contribution in [0.1, 0.15) is 59.3 Å². The normalized spacial score (nSPS) is 10.2. The summed E-state index contributed by atoms with van der Waals surface area (Å²) in [6.45, 7) is 5.92. The molecule has 0 aliphatic carbocycles. The molecule has 1 aromatic rings. The minimum atomic E-state index is -0.486. The van der Waals surface area contributed by atoms with Crippen molar-refractivity contribution in [2.75, 3.05) is 13.2 Å². The van der Waals surface area contributed by atoms with Crippen LogP contribution < -0.4 is 0 Å². The molecule has 0 radical (unpaired) electrons. The molecule has 0 unspecified atom stereocenters. The van der Waals surface area contributed by atoms with Gasteiger partial charge in [0, 0.05) is 6.42 Å². The predicted molar refractivity (Wildman–Crippen MR) is 76.5 cm³/mol. The van der Waals surface area contributed by atoms with Crippen LogP contribution in [-0.4, -0.2) is 36.4 Å². The fourth-order valence-electron chi connectivity index (χ4n) is 2.21. The van der Waals surface area contributed by atoms with Gasteiger partial charge in [0.2, 0.25) is 0 Å². The standard InChI is InChI=1S/C15H21NO5/c1-4-10-11(7-8-13(18)20-5-2)12(9-17)16-14(10)15(19)21-6-3/h9,16H,4-8H2,1-3H3. The van der Waals surface area contributed by atoms with Gasteiger partial charge in [-0.1, -0.05) is 6.92 Å². The molecule has 0 bridgehead atoms. The molecule has 1 heterocycles. The monoisotopic (exact) mass is 295 g/mol. The number of aldehydes is 1. The molecule has 6 heteroatoms. The van der Waals surface area contributed by atoms with Crippen LogP contribution in [0.3, 0.4) is 0 Å². The average molecular weight is 295 g/mol. The second kappa shape index (κ2) is 8.24. The van der Waals surface area contributed by atoms with E-state index >= 15 is 0 Å². The second-order valence-corrected chi connectivity index (χ2v) is 4.37. The maximum Gasteiger partial charge on any atom is 0.355 e.